The van der Waals surface area contributed by atoms with E-state index in [9.17, 15) is 9.18 Å². The molecule has 0 atom stereocenters. The van der Waals surface area contributed by atoms with E-state index in [0.717, 1.165) is 5.56 Å². The number of para-hydroxylation sites is 1. The summed E-state index contributed by atoms with van der Waals surface area (Å²) in [6.07, 6.45) is 0. The molecule has 2 rings (SSSR count). The van der Waals surface area contributed by atoms with E-state index in [2.05, 4.69) is 5.32 Å². The Kier molecular flexibility index (Phi) is 4.32. The molecule has 0 heterocycles. The molecule has 0 saturated heterocycles. The summed E-state index contributed by atoms with van der Waals surface area (Å²) in [6, 6.07) is 12.9. The molecule has 104 valence electrons. The van der Waals surface area contributed by atoms with Crippen LogP contribution in [0.4, 0.5) is 20.6 Å². The van der Waals surface area contributed by atoms with Crippen molar-refractivity contribution in [2.24, 2.45) is 5.73 Å². The normalized spacial score (nSPS) is 10.2. The van der Waals surface area contributed by atoms with Gasteiger partial charge in [-0.3, -0.25) is 4.90 Å². The number of hydrogen-bond acceptors (Lipinski definition) is 2. The number of nitrogens with zero attached hydrogens (tertiary/aromatic N) is 1. The van der Waals surface area contributed by atoms with E-state index in [1.54, 1.807) is 36.4 Å². The highest BCUT2D eigenvalue weighted by atomic mass is 19.1. The van der Waals surface area contributed by atoms with Crippen molar-refractivity contribution >= 4 is 17.4 Å². The van der Waals surface area contributed by atoms with E-state index in [-0.39, 0.29) is 5.69 Å². The van der Waals surface area contributed by atoms with Gasteiger partial charge in [-0.2, -0.15) is 0 Å². The fraction of sp³-hybridized carbons (Fsp3) is 0.133. The number of carbonyl (C=O) groups excluding carboxylic acids is 1. The lowest BCUT2D eigenvalue weighted by Gasteiger charge is -2.18. The molecule has 0 unspecified atom stereocenters. The first kappa shape index (κ1) is 14.0. The summed E-state index contributed by atoms with van der Waals surface area (Å²) >= 11 is 0. The first-order valence-electron chi connectivity index (χ1n) is 6.20. The number of nitrogens with two attached hydrogens (primary N) is 1. The van der Waals surface area contributed by atoms with Crippen molar-refractivity contribution in [3.63, 3.8) is 0 Å². The summed E-state index contributed by atoms with van der Waals surface area (Å²) in [6.45, 7) is 0.396. The van der Waals surface area contributed by atoms with Crippen LogP contribution in [0.3, 0.4) is 0 Å². The SMILES string of the molecule is CN(C(=O)Nc1cccc(CN)c1)c1ccccc1F. The van der Waals surface area contributed by atoms with E-state index in [1.807, 2.05) is 6.07 Å². The van der Waals surface area contributed by atoms with Gasteiger partial charge in [0.15, 0.2) is 0 Å². The molecule has 0 aliphatic heterocycles. The van der Waals surface area contributed by atoms with Crippen LogP contribution in [-0.2, 0) is 6.54 Å². The largest absolute Gasteiger partial charge is 0.326 e. The van der Waals surface area contributed by atoms with Crippen LogP contribution in [0, 0.1) is 5.82 Å². The molecule has 0 fully saturated rings. The van der Waals surface area contributed by atoms with Gasteiger partial charge >= 0.3 is 6.03 Å². The van der Waals surface area contributed by atoms with E-state index < -0.39 is 11.8 Å². The molecule has 5 heteroatoms. The third-order valence-electron chi connectivity index (χ3n) is 2.93. The first-order chi connectivity index (χ1) is 9.61. The van der Waals surface area contributed by atoms with Crippen LogP contribution < -0.4 is 16.0 Å². The molecule has 2 aromatic rings. The fourth-order valence-electron chi connectivity index (χ4n) is 1.82. The minimum Gasteiger partial charge on any atom is -0.326 e. The highest BCUT2D eigenvalue weighted by Gasteiger charge is 2.14. The highest BCUT2D eigenvalue weighted by molar-refractivity contribution is 6.01. The summed E-state index contributed by atoms with van der Waals surface area (Å²) in [5, 5.41) is 2.71. The Morgan fingerprint density at radius 2 is 2.00 bits per heavy atom. The van der Waals surface area contributed by atoms with Crippen LogP contribution in [0.2, 0.25) is 0 Å². The van der Waals surface area contributed by atoms with Crippen molar-refractivity contribution in [1.82, 2.24) is 0 Å². The monoisotopic (exact) mass is 273 g/mol. The second-order valence-electron chi connectivity index (χ2n) is 4.35. The van der Waals surface area contributed by atoms with Crippen LogP contribution in [0.25, 0.3) is 0 Å². The maximum absolute atomic E-state index is 13.6. The molecular formula is C15H16FN3O. The highest BCUT2D eigenvalue weighted by Crippen LogP contribution is 2.18. The topological polar surface area (TPSA) is 58.4 Å². The number of hydrogen-bond donors (Lipinski definition) is 2. The summed E-state index contributed by atoms with van der Waals surface area (Å²) in [7, 11) is 1.51. The lowest BCUT2D eigenvalue weighted by atomic mass is 10.2. The molecule has 0 saturated carbocycles. The second-order valence-corrected chi connectivity index (χ2v) is 4.35. The smallest absolute Gasteiger partial charge is 0.326 e. The third-order valence-corrected chi connectivity index (χ3v) is 2.93. The van der Waals surface area contributed by atoms with E-state index >= 15 is 0 Å². The van der Waals surface area contributed by atoms with Gasteiger partial charge in [0.05, 0.1) is 5.69 Å². The molecule has 0 aliphatic rings. The number of halogens is 1. The van der Waals surface area contributed by atoms with Gasteiger partial charge in [-0.05, 0) is 29.8 Å². The first-order valence-corrected chi connectivity index (χ1v) is 6.20. The summed E-state index contributed by atoms with van der Waals surface area (Å²) < 4.78 is 13.6. The Labute approximate surface area is 117 Å². The summed E-state index contributed by atoms with van der Waals surface area (Å²) in [5.41, 5.74) is 7.31. The van der Waals surface area contributed by atoms with Gasteiger partial charge in [0.25, 0.3) is 0 Å². The third kappa shape index (κ3) is 3.13. The molecule has 2 amide bonds. The number of carbonyl (C=O) groups is 1. The van der Waals surface area contributed by atoms with Crippen molar-refractivity contribution in [1.29, 1.82) is 0 Å². The fourth-order valence-corrected chi connectivity index (χ4v) is 1.82. The van der Waals surface area contributed by atoms with Crippen LogP contribution in [0.1, 0.15) is 5.56 Å². The minimum absolute atomic E-state index is 0.222. The molecule has 20 heavy (non-hydrogen) atoms. The van der Waals surface area contributed by atoms with E-state index in [1.165, 1.54) is 18.0 Å². The molecule has 0 aromatic heterocycles. The van der Waals surface area contributed by atoms with Crippen molar-refractivity contribution < 1.29 is 9.18 Å². The molecule has 0 aliphatic carbocycles. The van der Waals surface area contributed by atoms with Crippen LogP contribution in [-0.4, -0.2) is 13.1 Å². The standard InChI is InChI=1S/C15H16FN3O/c1-19(14-8-3-2-7-13(14)16)15(20)18-12-6-4-5-11(9-12)10-17/h2-9H,10,17H2,1H3,(H,18,20). The van der Waals surface area contributed by atoms with Crippen molar-refractivity contribution in [2.45, 2.75) is 6.54 Å². The molecule has 0 bridgehead atoms. The Balaban J connectivity index is 2.13. The molecule has 4 nitrogen and oxygen atoms in total. The zero-order chi connectivity index (χ0) is 14.5. The second kappa shape index (κ2) is 6.16. The van der Waals surface area contributed by atoms with Gasteiger partial charge in [0.1, 0.15) is 5.82 Å². The Bertz CT molecular complexity index is 616. The average Bonchev–Trinajstić information content (AvgIpc) is 2.47. The minimum atomic E-state index is -0.444. The van der Waals surface area contributed by atoms with Gasteiger partial charge in [-0.15, -0.1) is 0 Å². The van der Waals surface area contributed by atoms with Crippen molar-refractivity contribution in [3.05, 3.63) is 59.9 Å². The number of nitrogens with one attached hydrogen (secondary N) is 1. The zero-order valence-corrected chi connectivity index (χ0v) is 11.1. The maximum atomic E-state index is 13.6. The number of urea groups is 1. The van der Waals surface area contributed by atoms with Crippen molar-refractivity contribution in [2.75, 3.05) is 17.3 Å². The van der Waals surface area contributed by atoms with E-state index in [0.29, 0.717) is 12.2 Å². The summed E-state index contributed by atoms with van der Waals surface area (Å²) in [5.74, 6) is -0.444. The number of anilines is 2. The van der Waals surface area contributed by atoms with Crippen molar-refractivity contribution in [3.8, 4) is 0 Å². The lowest BCUT2D eigenvalue weighted by molar-refractivity contribution is 0.258. The molecule has 0 spiro atoms. The van der Waals surface area contributed by atoms with Gasteiger partial charge in [-0.25, -0.2) is 9.18 Å². The Morgan fingerprint density at radius 3 is 2.70 bits per heavy atom. The van der Waals surface area contributed by atoms with Gasteiger partial charge < -0.3 is 11.1 Å². The molecule has 0 radical (unpaired) electrons. The van der Waals surface area contributed by atoms with Gasteiger partial charge in [-0.1, -0.05) is 24.3 Å². The molecular weight excluding hydrogens is 257 g/mol. The number of rotatable bonds is 3. The quantitative estimate of drug-likeness (QED) is 0.903. The molecule has 2 aromatic carbocycles. The van der Waals surface area contributed by atoms with Crippen LogP contribution >= 0.6 is 0 Å². The van der Waals surface area contributed by atoms with Crippen LogP contribution in [0.5, 0.6) is 0 Å². The predicted molar refractivity (Wildman–Crippen MR) is 78.2 cm³/mol. The average molecular weight is 273 g/mol. The van der Waals surface area contributed by atoms with Crippen LogP contribution in [0.15, 0.2) is 48.5 Å². The number of benzene rings is 2. The zero-order valence-electron chi connectivity index (χ0n) is 11.1. The van der Waals surface area contributed by atoms with E-state index in [4.69, 9.17) is 5.73 Å². The Morgan fingerprint density at radius 1 is 1.25 bits per heavy atom. The van der Waals surface area contributed by atoms with Gasteiger partial charge in [0.2, 0.25) is 0 Å². The maximum Gasteiger partial charge on any atom is 0.326 e. The summed E-state index contributed by atoms with van der Waals surface area (Å²) in [4.78, 5) is 13.3. The Hall–Kier alpha value is -2.40. The lowest BCUT2D eigenvalue weighted by Crippen LogP contribution is -2.31. The predicted octanol–water partition coefficient (Wildman–Crippen LogP) is 2.95. The van der Waals surface area contributed by atoms with Gasteiger partial charge in [0, 0.05) is 19.3 Å². The number of amides is 2. The molecule has 3 N–H and O–H groups in total.